The molecule has 1 amide bonds. The van der Waals surface area contributed by atoms with E-state index in [1.165, 1.54) is 0 Å². The Kier molecular flexibility index (Phi) is 5.99. The Balaban J connectivity index is 1.79. The molecule has 1 saturated carbocycles. The molecular weight excluding hydrogens is 398 g/mol. The molecule has 7 heteroatoms. The highest BCUT2D eigenvalue weighted by molar-refractivity contribution is 8.01. The van der Waals surface area contributed by atoms with E-state index in [0.29, 0.717) is 16.1 Å². The quantitative estimate of drug-likeness (QED) is 0.664. The van der Waals surface area contributed by atoms with E-state index in [0.717, 1.165) is 24.1 Å². The van der Waals surface area contributed by atoms with Crippen molar-refractivity contribution in [3.05, 3.63) is 28.8 Å². The van der Waals surface area contributed by atoms with Crippen molar-refractivity contribution < 1.29 is 4.79 Å². The molecule has 27 heavy (non-hydrogen) atoms. The first-order chi connectivity index (χ1) is 12.6. The number of hydrogen-bond donors (Lipinski definition) is 2. The highest BCUT2D eigenvalue weighted by atomic mass is 35.5. The fraction of sp³-hybridized carbons (Fsp3) is 0.600. The maximum Gasteiger partial charge on any atom is 0.228 e. The third-order valence-corrected chi connectivity index (χ3v) is 7.39. The standard InChI is InChI=1S/C20H28ClN3OS2/c1-11(2)17-24(16(25)13-6-7-13)18(20(4,5)27-17)23-19(26)22-15-9-8-14(21)10-12(15)3/h8-11,13,17-18H,6-7H2,1-5H3,(H2,22,23,26). The number of nitrogens with one attached hydrogen (secondary N) is 2. The molecule has 1 aromatic rings. The topological polar surface area (TPSA) is 44.4 Å². The molecule has 0 radical (unpaired) electrons. The molecule has 2 fully saturated rings. The molecule has 2 aliphatic rings. The Labute approximate surface area is 176 Å². The third-order valence-electron chi connectivity index (χ3n) is 5.09. The second-order valence-corrected chi connectivity index (χ2v) is 11.0. The van der Waals surface area contributed by atoms with Crippen molar-refractivity contribution in [2.45, 2.75) is 63.7 Å². The summed E-state index contributed by atoms with van der Waals surface area (Å²) in [6.45, 7) is 10.7. The number of hydrogen-bond acceptors (Lipinski definition) is 3. The van der Waals surface area contributed by atoms with Crippen LogP contribution in [-0.4, -0.2) is 32.2 Å². The number of anilines is 1. The molecule has 1 heterocycles. The highest BCUT2D eigenvalue weighted by Crippen LogP contribution is 2.48. The van der Waals surface area contributed by atoms with Crippen molar-refractivity contribution >= 4 is 52.3 Å². The van der Waals surface area contributed by atoms with E-state index in [-0.39, 0.29) is 28.1 Å². The summed E-state index contributed by atoms with van der Waals surface area (Å²) in [5, 5.41) is 8.08. The van der Waals surface area contributed by atoms with Gasteiger partial charge in [0.15, 0.2) is 5.11 Å². The molecule has 0 bridgehead atoms. The first-order valence-corrected chi connectivity index (χ1v) is 11.1. The monoisotopic (exact) mass is 425 g/mol. The summed E-state index contributed by atoms with van der Waals surface area (Å²) in [5.74, 6) is 0.823. The molecule has 1 aromatic carbocycles. The second-order valence-electron chi connectivity index (χ2n) is 8.34. The lowest BCUT2D eigenvalue weighted by Gasteiger charge is -2.35. The number of thioether (sulfide) groups is 1. The maximum absolute atomic E-state index is 13.0. The molecule has 2 unspecified atom stereocenters. The lowest BCUT2D eigenvalue weighted by molar-refractivity contribution is -0.136. The van der Waals surface area contributed by atoms with Crippen molar-refractivity contribution in [1.29, 1.82) is 0 Å². The van der Waals surface area contributed by atoms with Gasteiger partial charge in [0.25, 0.3) is 0 Å². The van der Waals surface area contributed by atoms with E-state index in [1.807, 2.05) is 36.9 Å². The Hall–Kier alpha value is -0.980. The van der Waals surface area contributed by atoms with E-state index in [2.05, 4.69) is 43.2 Å². The van der Waals surface area contributed by atoms with Crippen LogP contribution in [0.2, 0.25) is 5.02 Å². The summed E-state index contributed by atoms with van der Waals surface area (Å²) < 4.78 is -0.139. The average Bonchev–Trinajstić information content (AvgIpc) is 3.36. The van der Waals surface area contributed by atoms with E-state index in [4.69, 9.17) is 23.8 Å². The van der Waals surface area contributed by atoms with Gasteiger partial charge in [-0.25, -0.2) is 0 Å². The van der Waals surface area contributed by atoms with Gasteiger partial charge < -0.3 is 15.5 Å². The summed E-state index contributed by atoms with van der Waals surface area (Å²) in [7, 11) is 0. The minimum Gasteiger partial charge on any atom is -0.341 e. The van der Waals surface area contributed by atoms with Gasteiger partial charge in [0.1, 0.15) is 6.17 Å². The van der Waals surface area contributed by atoms with Crippen molar-refractivity contribution in [2.75, 3.05) is 5.32 Å². The molecule has 2 atom stereocenters. The summed E-state index contributed by atoms with van der Waals surface area (Å²) >= 11 is 13.5. The first kappa shape index (κ1) is 20.7. The van der Waals surface area contributed by atoms with Crippen LogP contribution in [0, 0.1) is 18.8 Å². The van der Waals surface area contributed by atoms with Crippen LogP contribution in [-0.2, 0) is 4.79 Å². The lowest BCUT2D eigenvalue weighted by atomic mass is 10.1. The van der Waals surface area contributed by atoms with Crippen LogP contribution in [0.5, 0.6) is 0 Å². The number of carbonyl (C=O) groups excluding carboxylic acids is 1. The van der Waals surface area contributed by atoms with E-state index in [1.54, 1.807) is 0 Å². The fourth-order valence-corrected chi connectivity index (χ4v) is 5.44. The minimum atomic E-state index is -0.143. The normalized spacial score (nSPS) is 24.2. The number of amides is 1. The number of thiocarbonyl (C=S) groups is 1. The van der Waals surface area contributed by atoms with Gasteiger partial charge >= 0.3 is 0 Å². The van der Waals surface area contributed by atoms with Crippen LogP contribution < -0.4 is 10.6 Å². The van der Waals surface area contributed by atoms with Gasteiger partial charge in [0.2, 0.25) is 5.91 Å². The number of halogens is 1. The highest BCUT2D eigenvalue weighted by Gasteiger charge is 2.53. The van der Waals surface area contributed by atoms with Gasteiger partial charge in [-0.1, -0.05) is 25.4 Å². The average molecular weight is 426 g/mol. The lowest BCUT2D eigenvalue weighted by Crippen LogP contribution is -2.57. The number of aryl methyl sites for hydroxylation is 1. The van der Waals surface area contributed by atoms with Gasteiger partial charge in [0.05, 0.1) is 10.1 Å². The van der Waals surface area contributed by atoms with Crippen LogP contribution in [0.3, 0.4) is 0 Å². The number of nitrogens with zero attached hydrogens (tertiary/aromatic N) is 1. The predicted octanol–water partition coefficient (Wildman–Crippen LogP) is 5.01. The van der Waals surface area contributed by atoms with Crippen molar-refractivity contribution in [3.63, 3.8) is 0 Å². The second kappa shape index (κ2) is 7.80. The van der Waals surface area contributed by atoms with Crippen LogP contribution in [0.4, 0.5) is 5.69 Å². The van der Waals surface area contributed by atoms with Crippen LogP contribution in [0.25, 0.3) is 0 Å². The largest absolute Gasteiger partial charge is 0.341 e. The molecular formula is C20H28ClN3OS2. The Morgan fingerprint density at radius 1 is 1.37 bits per heavy atom. The van der Waals surface area contributed by atoms with E-state index >= 15 is 0 Å². The number of rotatable bonds is 4. The molecule has 148 valence electrons. The fourth-order valence-electron chi connectivity index (χ4n) is 3.46. The third kappa shape index (κ3) is 4.54. The van der Waals surface area contributed by atoms with Gasteiger partial charge in [-0.05, 0) is 75.5 Å². The summed E-state index contributed by atoms with van der Waals surface area (Å²) in [5.41, 5.74) is 1.94. The Morgan fingerprint density at radius 2 is 2.04 bits per heavy atom. The molecule has 1 aliphatic heterocycles. The van der Waals surface area contributed by atoms with E-state index in [9.17, 15) is 4.79 Å². The molecule has 3 rings (SSSR count). The zero-order chi connectivity index (χ0) is 19.9. The van der Waals surface area contributed by atoms with Gasteiger partial charge in [0, 0.05) is 16.6 Å². The molecule has 1 aliphatic carbocycles. The van der Waals surface area contributed by atoms with Crippen molar-refractivity contribution in [2.24, 2.45) is 11.8 Å². The Morgan fingerprint density at radius 3 is 2.59 bits per heavy atom. The van der Waals surface area contributed by atoms with Gasteiger partial charge in [-0.3, -0.25) is 4.79 Å². The van der Waals surface area contributed by atoms with E-state index < -0.39 is 0 Å². The van der Waals surface area contributed by atoms with Gasteiger partial charge in [-0.2, -0.15) is 0 Å². The zero-order valence-corrected chi connectivity index (χ0v) is 18.9. The number of carbonyl (C=O) groups is 1. The summed E-state index contributed by atoms with van der Waals surface area (Å²) in [6.07, 6.45) is 1.87. The molecule has 0 spiro atoms. The van der Waals surface area contributed by atoms with Gasteiger partial charge in [-0.15, -0.1) is 11.8 Å². The molecule has 2 N–H and O–H groups in total. The SMILES string of the molecule is Cc1cc(Cl)ccc1NC(=S)NC1N(C(=O)C2CC2)C(C(C)C)SC1(C)C. The predicted molar refractivity (Wildman–Crippen MR) is 119 cm³/mol. The Bertz CT molecular complexity index is 749. The van der Waals surface area contributed by atoms with Crippen molar-refractivity contribution in [1.82, 2.24) is 10.2 Å². The summed E-state index contributed by atoms with van der Waals surface area (Å²) in [4.78, 5) is 15.1. The summed E-state index contributed by atoms with van der Waals surface area (Å²) in [6, 6.07) is 5.66. The minimum absolute atomic E-state index is 0.139. The smallest absolute Gasteiger partial charge is 0.228 e. The molecule has 1 saturated heterocycles. The maximum atomic E-state index is 13.0. The van der Waals surface area contributed by atoms with Crippen LogP contribution in [0.1, 0.15) is 46.1 Å². The first-order valence-electron chi connectivity index (χ1n) is 9.44. The molecule has 0 aromatic heterocycles. The molecule has 4 nitrogen and oxygen atoms in total. The zero-order valence-electron chi connectivity index (χ0n) is 16.5. The van der Waals surface area contributed by atoms with Crippen LogP contribution >= 0.6 is 35.6 Å². The van der Waals surface area contributed by atoms with Crippen LogP contribution in [0.15, 0.2) is 18.2 Å². The van der Waals surface area contributed by atoms with Crippen molar-refractivity contribution in [3.8, 4) is 0 Å². The number of benzene rings is 1.